The number of aromatic nitrogens is 2. The minimum absolute atomic E-state index is 0.881. The van der Waals surface area contributed by atoms with Gasteiger partial charge in [0.25, 0.3) is 0 Å². The summed E-state index contributed by atoms with van der Waals surface area (Å²) in [5.74, 6) is 1.85. The lowest BCUT2D eigenvalue weighted by molar-refractivity contribution is 0.837. The largest absolute Gasteiger partial charge is 0.370 e. The summed E-state index contributed by atoms with van der Waals surface area (Å²) in [7, 11) is 0. The number of nitrogens with one attached hydrogen (secondary N) is 1. The molecular weight excluding hydrogens is 230 g/mol. The maximum atomic E-state index is 4.61. The number of aryl methyl sites for hydroxylation is 1. The number of hydrogen-bond donors (Lipinski definition) is 1. The number of nitrogens with zero attached hydrogens (tertiary/aromatic N) is 2. The van der Waals surface area contributed by atoms with Gasteiger partial charge in [-0.3, -0.25) is 0 Å². The summed E-state index contributed by atoms with van der Waals surface area (Å²) in [6.07, 6.45) is 2.00. The molecule has 2 aromatic heterocycles. The van der Waals surface area contributed by atoms with Crippen molar-refractivity contribution in [3.63, 3.8) is 0 Å². The summed E-state index contributed by atoms with van der Waals surface area (Å²) in [5, 5.41) is 5.34. The minimum Gasteiger partial charge on any atom is -0.370 e. The molecule has 0 spiro atoms. The van der Waals surface area contributed by atoms with Crippen LogP contribution in [0.3, 0.4) is 0 Å². The van der Waals surface area contributed by atoms with Gasteiger partial charge in [-0.25, -0.2) is 9.97 Å². The molecule has 0 saturated carbocycles. The van der Waals surface area contributed by atoms with Crippen LogP contribution in [0.4, 0.5) is 5.82 Å². The summed E-state index contributed by atoms with van der Waals surface area (Å²) in [6.45, 7) is 5.10. The molecule has 0 unspecified atom stereocenters. The maximum absolute atomic E-state index is 4.61. The molecule has 0 bridgehead atoms. The topological polar surface area (TPSA) is 37.8 Å². The van der Waals surface area contributed by atoms with Gasteiger partial charge >= 0.3 is 0 Å². The third-order valence-electron chi connectivity index (χ3n) is 2.38. The Balaban J connectivity index is 2.37. The van der Waals surface area contributed by atoms with Crippen LogP contribution in [0.15, 0.2) is 23.6 Å². The van der Waals surface area contributed by atoms with Gasteiger partial charge in [0.15, 0.2) is 0 Å². The number of thiophene rings is 1. The Labute approximate surface area is 106 Å². The SMILES string of the molecule is CCCc1nc(NCC)cc(-c2cccs2)n1. The van der Waals surface area contributed by atoms with Crippen LogP contribution in [0.5, 0.6) is 0 Å². The highest BCUT2D eigenvalue weighted by atomic mass is 32.1. The second-order valence-electron chi connectivity index (χ2n) is 3.81. The third-order valence-corrected chi connectivity index (χ3v) is 3.27. The van der Waals surface area contributed by atoms with Gasteiger partial charge in [-0.05, 0) is 24.8 Å². The smallest absolute Gasteiger partial charge is 0.131 e. The molecule has 0 atom stereocenters. The Morgan fingerprint density at radius 1 is 1.29 bits per heavy atom. The standard InChI is InChI=1S/C13H17N3S/c1-3-6-12-15-10(11-7-5-8-17-11)9-13(16-12)14-4-2/h5,7-9H,3-4,6H2,1-2H3,(H,14,15,16). The molecule has 2 heterocycles. The number of hydrogen-bond acceptors (Lipinski definition) is 4. The van der Waals surface area contributed by atoms with Crippen molar-refractivity contribution in [2.45, 2.75) is 26.7 Å². The van der Waals surface area contributed by atoms with E-state index in [4.69, 9.17) is 0 Å². The van der Waals surface area contributed by atoms with E-state index in [1.807, 2.05) is 6.07 Å². The predicted octanol–water partition coefficient (Wildman–Crippen LogP) is 3.59. The summed E-state index contributed by atoms with van der Waals surface area (Å²) < 4.78 is 0. The fraction of sp³-hybridized carbons (Fsp3) is 0.385. The van der Waals surface area contributed by atoms with Crippen LogP contribution < -0.4 is 5.32 Å². The van der Waals surface area contributed by atoms with Gasteiger partial charge < -0.3 is 5.32 Å². The zero-order valence-electron chi connectivity index (χ0n) is 10.2. The quantitative estimate of drug-likeness (QED) is 0.877. The molecule has 3 nitrogen and oxygen atoms in total. The number of rotatable bonds is 5. The zero-order chi connectivity index (χ0) is 12.1. The van der Waals surface area contributed by atoms with Crippen LogP contribution in [0.2, 0.25) is 0 Å². The summed E-state index contributed by atoms with van der Waals surface area (Å²) >= 11 is 1.71. The molecule has 0 saturated heterocycles. The van der Waals surface area contributed by atoms with Crippen molar-refractivity contribution in [3.8, 4) is 10.6 Å². The van der Waals surface area contributed by atoms with Gasteiger partial charge in [0, 0.05) is 19.0 Å². The first-order valence-corrected chi connectivity index (χ1v) is 6.87. The second kappa shape index (κ2) is 5.77. The molecule has 0 aromatic carbocycles. The predicted molar refractivity (Wildman–Crippen MR) is 73.5 cm³/mol. The molecule has 90 valence electrons. The summed E-state index contributed by atoms with van der Waals surface area (Å²) in [5.41, 5.74) is 1.02. The highest BCUT2D eigenvalue weighted by Crippen LogP contribution is 2.24. The fourth-order valence-electron chi connectivity index (χ4n) is 1.65. The normalized spacial score (nSPS) is 10.5. The molecule has 0 aliphatic carbocycles. The van der Waals surface area contributed by atoms with E-state index >= 15 is 0 Å². The molecule has 4 heteroatoms. The molecular formula is C13H17N3S. The Bertz CT molecular complexity index is 441. The average molecular weight is 247 g/mol. The van der Waals surface area contributed by atoms with Crippen molar-refractivity contribution in [3.05, 3.63) is 29.4 Å². The van der Waals surface area contributed by atoms with Crippen LogP contribution in [-0.4, -0.2) is 16.5 Å². The van der Waals surface area contributed by atoms with Crippen molar-refractivity contribution in [2.75, 3.05) is 11.9 Å². The molecule has 2 aromatic rings. The lowest BCUT2D eigenvalue weighted by atomic mass is 10.2. The molecule has 1 N–H and O–H groups in total. The first-order valence-electron chi connectivity index (χ1n) is 5.99. The third kappa shape index (κ3) is 3.03. The van der Waals surface area contributed by atoms with Crippen LogP contribution in [0.1, 0.15) is 26.1 Å². The Hall–Kier alpha value is -1.42. The second-order valence-corrected chi connectivity index (χ2v) is 4.76. The van der Waals surface area contributed by atoms with Crippen LogP contribution in [0, 0.1) is 0 Å². The Morgan fingerprint density at radius 3 is 2.82 bits per heavy atom. The summed E-state index contributed by atoms with van der Waals surface area (Å²) in [6, 6.07) is 6.17. The minimum atomic E-state index is 0.881. The van der Waals surface area contributed by atoms with Gasteiger partial charge in [-0.2, -0.15) is 0 Å². The van der Waals surface area contributed by atoms with E-state index in [1.165, 1.54) is 4.88 Å². The van der Waals surface area contributed by atoms with Gasteiger partial charge in [0.05, 0.1) is 10.6 Å². The van der Waals surface area contributed by atoms with E-state index in [2.05, 4.69) is 46.6 Å². The molecule has 2 rings (SSSR count). The molecule has 0 amide bonds. The van der Waals surface area contributed by atoms with Crippen molar-refractivity contribution in [1.82, 2.24) is 9.97 Å². The van der Waals surface area contributed by atoms with Crippen molar-refractivity contribution in [1.29, 1.82) is 0 Å². The van der Waals surface area contributed by atoms with Crippen molar-refractivity contribution < 1.29 is 0 Å². The van der Waals surface area contributed by atoms with Crippen LogP contribution in [-0.2, 0) is 6.42 Å². The average Bonchev–Trinajstić information content (AvgIpc) is 2.83. The molecule has 0 fully saturated rings. The van der Waals surface area contributed by atoms with Gasteiger partial charge in [-0.1, -0.05) is 13.0 Å². The van der Waals surface area contributed by atoms with E-state index in [9.17, 15) is 0 Å². The Morgan fingerprint density at radius 2 is 2.18 bits per heavy atom. The van der Waals surface area contributed by atoms with Crippen molar-refractivity contribution in [2.24, 2.45) is 0 Å². The van der Waals surface area contributed by atoms with E-state index in [0.29, 0.717) is 0 Å². The van der Waals surface area contributed by atoms with Crippen molar-refractivity contribution >= 4 is 17.2 Å². The zero-order valence-corrected chi connectivity index (χ0v) is 11.0. The highest BCUT2D eigenvalue weighted by molar-refractivity contribution is 7.13. The van der Waals surface area contributed by atoms with Gasteiger partial charge in [0.1, 0.15) is 11.6 Å². The molecule has 0 aliphatic rings. The maximum Gasteiger partial charge on any atom is 0.131 e. The van der Waals surface area contributed by atoms with Gasteiger partial charge in [-0.15, -0.1) is 11.3 Å². The van der Waals surface area contributed by atoms with Crippen LogP contribution >= 0.6 is 11.3 Å². The highest BCUT2D eigenvalue weighted by Gasteiger charge is 2.06. The van der Waals surface area contributed by atoms with E-state index in [1.54, 1.807) is 11.3 Å². The first kappa shape index (κ1) is 12.0. The lowest BCUT2D eigenvalue weighted by Crippen LogP contribution is -2.04. The molecule has 17 heavy (non-hydrogen) atoms. The lowest BCUT2D eigenvalue weighted by Gasteiger charge is -2.07. The summed E-state index contributed by atoms with van der Waals surface area (Å²) in [4.78, 5) is 10.3. The van der Waals surface area contributed by atoms with Crippen LogP contribution in [0.25, 0.3) is 10.6 Å². The Kier molecular flexibility index (Phi) is 4.09. The number of anilines is 1. The molecule has 0 aliphatic heterocycles. The monoisotopic (exact) mass is 247 g/mol. The van der Waals surface area contributed by atoms with Gasteiger partial charge in [0.2, 0.25) is 0 Å². The van der Waals surface area contributed by atoms with E-state index in [-0.39, 0.29) is 0 Å². The fourth-order valence-corrected chi connectivity index (χ4v) is 2.34. The first-order chi connectivity index (χ1) is 8.33. The molecule has 0 radical (unpaired) electrons. The van der Waals surface area contributed by atoms with E-state index < -0.39 is 0 Å². The van der Waals surface area contributed by atoms with E-state index in [0.717, 1.165) is 36.7 Å².